The van der Waals surface area contributed by atoms with Crippen molar-refractivity contribution in [3.05, 3.63) is 16.1 Å². The fourth-order valence-corrected chi connectivity index (χ4v) is 2.76. The predicted molar refractivity (Wildman–Crippen MR) is 49.7 cm³/mol. The van der Waals surface area contributed by atoms with E-state index in [1.165, 1.54) is 0 Å². The molecule has 15 heavy (non-hydrogen) atoms. The Kier molecular flexibility index (Phi) is 2.72. The van der Waals surface area contributed by atoms with Gasteiger partial charge in [0, 0.05) is 11.3 Å². The van der Waals surface area contributed by atoms with Gasteiger partial charge >= 0.3 is 6.18 Å². The first-order valence-corrected chi connectivity index (χ1v) is 5.55. The van der Waals surface area contributed by atoms with E-state index in [9.17, 15) is 18.3 Å². The third-order valence-corrected chi connectivity index (χ3v) is 3.57. The highest BCUT2D eigenvalue weighted by atomic mass is 32.1. The maximum Gasteiger partial charge on any atom is 0.434 e. The van der Waals surface area contributed by atoms with Crippen LogP contribution in [0.1, 0.15) is 35.9 Å². The molecule has 1 aliphatic rings. The van der Waals surface area contributed by atoms with Gasteiger partial charge in [0.25, 0.3) is 0 Å². The Morgan fingerprint density at radius 1 is 1.40 bits per heavy atom. The average Bonchev–Trinajstić information content (AvgIpc) is 2.69. The first-order valence-electron chi connectivity index (χ1n) is 4.67. The maximum absolute atomic E-state index is 12.3. The fraction of sp³-hybridized carbons (Fsp3) is 0.667. The van der Waals surface area contributed by atoms with Crippen LogP contribution in [-0.2, 0) is 6.18 Å². The van der Waals surface area contributed by atoms with E-state index in [1.807, 2.05) is 0 Å². The van der Waals surface area contributed by atoms with Gasteiger partial charge in [-0.3, -0.25) is 0 Å². The molecule has 0 radical (unpaired) electrons. The van der Waals surface area contributed by atoms with Gasteiger partial charge in [-0.05, 0) is 19.3 Å². The normalized spacial score (nSPS) is 27.2. The summed E-state index contributed by atoms with van der Waals surface area (Å²) in [5, 5.41) is 10.8. The van der Waals surface area contributed by atoms with Crippen LogP contribution in [0.4, 0.5) is 13.2 Å². The number of alkyl halides is 3. The molecule has 0 amide bonds. The average molecular weight is 237 g/mol. The van der Waals surface area contributed by atoms with Crippen LogP contribution >= 0.6 is 11.3 Å². The van der Waals surface area contributed by atoms with Crippen molar-refractivity contribution in [3.63, 3.8) is 0 Å². The van der Waals surface area contributed by atoms with Crippen LogP contribution in [0.3, 0.4) is 0 Å². The van der Waals surface area contributed by atoms with Gasteiger partial charge in [0.15, 0.2) is 5.69 Å². The van der Waals surface area contributed by atoms with E-state index in [2.05, 4.69) is 4.98 Å². The third kappa shape index (κ3) is 2.31. The highest BCUT2D eigenvalue weighted by Gasteiger charge is 2.35. The second kappa shape index (κ2) is 3.75. The molecule has 0 spiro atoms. The van der Waals surface area contributed by atoms with Gasteiger partial charge < -0.3 is 5.11 Å². The minimum Gasteiger partial charge on any atom is -0.393 e. The molecule has 2 nitrogen and oxygen atoms in total. The smallest absolute Gasteiger partial charge is 0.393 e. The van der Waals surface area contributed by atoms with Crippen molar-refractivity contribution in [1.82, 2.24) is 4.98 Å². The van der Waals surface area contributed by atoms with Crippen LogP contribution in [0, 0.1) is 0 Å². The van der Waals surface area contributed by atoms with Crippen LogP contribution in [0.15, 0.2) is 5.38 Å². The van der Waals surface area contributed by atoms with Crippen molar-refractivity contribution in [3.8, 4) is 0 Å². The summed E-state index contributed by atoms with van der Waals surface area (Å²) < 4.78 is 36.8. The molecule has 1 aromatic heterocycles. The first kappa shape index (κ1) is 10.9. The molecule has 0 aliphatic heterocycles. The fourth-order valence-electron chi connectivity index (χ4n) is 1.79. The molecule has 2 atom stereocenters. The lowest BCUT2D eigenvalue weighted by atomic mass is 10.1. The molecular formula is C9H10F3NOS. The molecular weight excluding hydrogens is 227 g/mol. The van der Waals surface area contributed by atoms with Gasteiger partial charge in [0.2, 0.25) is 0 Å². The molecule has 0 saturated heterocycles. The molecule has 1 aliphatic carbocycles. The van der Waals surface area contributed by atoms with Gasteiger partial charge in [-0.2, -0.15) is 13.2 Å². The summed E-state index contributed by atoms with van der Waals surface area (Å²) in [5.74, 6) is 0.00102. The second-order valence-electron chi connectivity index (χ2n) is 3.73. The number of aliphatic hydroxyl groups excluding tert-OH is 1. The first-order chi connectivity index (χ1) is 6.97. The van der Waals surface area contributed by atoms with E-state index in [1.54, 1.807) is 0 Å². The lowest BCUT2D eigenvalue weighted by molar-refractivity contribution is -0.140. The van der Waals surface area contributed by atoms with Crippen molar-refractivity contribution in [2.45, 2.75) is 37.5 Å². The Hall–Kier alpha value is -0.620. The standard InChI is InChI=1S/C9H10F3NOS/c10-9(11,12)7-4-15-8(13-7)5-1-2-6(14)3-5/h4-6,14H,1-3H2. The van der Waals surface area contributed by atoms with E-state index in [0.717, 1.165) is 23.1 Å². The van der Waals surface area contributed by atoms with E-state index in [-0.39, 0.29) is 12.0 Å². The van der Waals surface area contributed by atoms with E-state index < -0.39 is 11.9 Å². The summed E-state index contributed by atoms with van der Waals surface area (Å²) in [5.41, 5.74) is -0.816. The molecule has 1 N–H and O–H groups in total. The SMILES string of the molecule is OC1CCC(c2nc(C(F)(F)F)cs2)C1. The van der Waals surface area contributed by atoms with Gasteiger partial charge in [-0.15, -0.1) is 11.3 Å². The van der Waals surface area contributed by atoms with Crippen molar-refractivity contribution in [2.75, 3.05) is 0 Å². The minimum atomic E-state index is -4.36. The number of halogens is 3. The van der Waals surface area contributed by atoms with E-state index >= 15 is 0 Å². The highest BCUT2D eigenvalue weighted by molar-refractivity contribution is 7.09. The zero-order valence-electron chi connectivity index (χ0n) is 7.79. The van der Waals surface area contributed by atoms with Crippen molar-refractivity contribution < 1.29 is 18.3 Å². The van der Waals surface area contributed by atoms with Crippen LogP contribution in [0.5, 0.6) is 0 Å². The Balaban J connectivity index is 2.14. The molecule has 6 heteroatoms. The quantitative estimate of drug-likeness (QED) is 0.814. The highest BCUT2D eigenvalue weighted by Crippen LogP contribution is 2.38. The van der Waals surface area contributed by atoms with Crippen molar-refractivity contribution >= 4 is 11.3 Å². The Bertz CT molecular complexity index is 349. The van der Waals surface area contributed by atoms with Gasteiger partial charge in [-0.25, -0.2) is 4.98 Å². The van der Waals surface area contributed by atoms with Crippen molar-refractivity contribution in [2.24, 2.45) is 0 Å². The number of hydrogen-bond donors (Lipinski definition) is 1. The van der Waals surface area contributed by atoms with E-state index in [0.29, 0.717) is 17.8 Å². The summed E-state index contributed by atoms with van der Waals surface area (Å²) in [4.78, 5) is 3.58. The molecule has 2 rings (SSSR count). The molecule has 1 aromatic rings. The molecule has 1 heterocycles. The summed E-state index contributed by atoms with van der Waals surface area (Å²) in [7, 11) is 0. The summed E-state index contributed by atoms with van der Waals surface area (Å²) in [6.07, 6.45) is -2.82. The lowest BCUT2D eigenvalue weighted by Gasteiger charge is -2.04. The molecule has 1 saturated carbocycles. The summed E-state index contributed by atoms with van der Waals surface area (Å²) >= 11 is 1.03. The predicted octanol–water partition coefficient (Wildman–Crippen LogP) is 2.79. The molecule has 0 bridgehead atoms. The number of thiazole rings is 1. The Morgan fingerprint density at radius 3 is 2.60 bits per heavy atom. The number of aliphatic hydroxyl groups is 1. The van der Waals surface area contributed by atoms with Gasteiger partial charge in [0.1, 0.15) is 0 Å². The Labute approximate surface area is 88.8 Å². The number of rotatable bonds is 1. The largest absolute Gasteiger partial charge is 0.434 e. The number of nitrogens with zero attached hydrogens (tertiary/aromatic N) is 1. The Morgan fingerprint density at radius 2 is 2.13 bits per heavy atom. The number of hydrogen-bond acceptors (Lipinski definition) is 3. The summed E-state index contributed by atoms with van der Waals surface area (Å²) in [6, 6.07) is 0. The van der Waals surface area contributed by atoms with Gasteiger partial charge in [0.05, 0.1) is 11.1 Å². The maximum atomic E-state index is 12.3. The third-order valence-electron chi connectivity index (χ3n) is 2.57. The summed E-state index contributed by atoms with van der Waals surface area (Å²) in [6.45, 7) is 0. The zero-order valence-corrected chi connectivity index (χ0v) is 8.61. The topological polar surface area (TPSA) is 33.1 Å². The molecule has 0 aromatic carbocycles. The number of aromatic nitrogens is 1. The molecule has 84 valence electrons. The monoisotopic (exact) mass is 237 g/mol. The van der Waals surface area contributed by atoms with E-state index in [4.69, 9.17) is 0 Å². The molecule has 1 fully saturated rings. The van der Waals surface area contributed by atoms with Gasteiger partial charge in [-0.1, -0.05) is 0 Å². The second-order valence-corrected chi connectivity index (χ2v) is 4.62. The van der Waals surface area contributed by atoms with Crippen molar-refractivity contribution in [1.29, 1.82) is 0 Å². The van der Waals surface area contributed by atoms with Crippen LogP contribution in [0.25, 0.3) is 0 Å². The van der Waals surface area contributed by atoms with Crippen LogP contribution < -0.4 is 0 Å². The van der Waals surface area contributed by atoms with Crippen LogP contribution in [0.2, 0.25) is 0 Å². The minimum absolute atomic E-state index is 0.00102. The van der Waals surface area contributed by atoms with Crippen LogP contribution in [-0.4, -0.2) is 16.2 Å². The lowest BCUT2D eigenvalue weighted by Crippen LogP contribution is -2.06. The molecule has 2 unspecified atom stereocenters. The zero-order chi connectivity index (χ0) is 11.1.